The summed E-state index contributed by atoms with van der Waals surface area (Å²) < 4.78 is 10.4. The summed E-state index contributed by atoms with van der Waals surface area (Å²) in [5, 5.41) is 0. The van der Waals surface area contributed by atoms with Crippen LogP contribution in [0.5, 0.6) is 0 Å². The van der Waals surface area contributed by atoms with Gasteiger partial charge in [-0.15, -0.1) is 0 Å². The van der Waals surface area contributed by atoms with Crippen LogP contribution in [0.1, 0.15) is 12.8 Å². The lowest BCUT2D eigenvalue weighted by Crippen LogP contribution is -2.33. The van der Waals surface area contributed by atoms with Crippen LogP contribution in [0.25, 0.3) is 0 Å². The van der Waals surface area contributed by atoms with Crippen molar-refractivity contribution in [3.05, 3.63) is 0 Å². The van der Waals surface area contributed by atoms with E-state index in [4.69, 9.17) is 15.2 Å². The van der Waals surface area contributed by atoms with Crippen LogP contribution in [-0.2, 0) is 9.47 Å². The summed E-state index contributed by atoms with van der Waals surface area (Å²) in [5.41, 5.74) is 5.34. The van der Waals surface area contributed by atoms with E-state index in [0.717, 1.165) is 32.3 Å². The minimum absolute atomic E-state index is 0.613. The van der Waals surface area contributed by atoms with Crippen LogP contribution in [-0.4, -0.2) is 57.5 Å². The normalized spacial score (nSPS) is 16.5. The number of methoxy groups -OCH3 is 1. The van der Waals surface area contributed by atoms with Crippen LogP contribution in [0.4, 0.5) is 0 Å². The average molecular weight is 202 g/mol. The predicted octanol–water partition coefficient (Wildman–Crippen LogP) is 0.0725. The third-order valence-corrected chi connectivity index (χ3v) is 2.43. The first-order valence-electron chi connectivity index (χ1n) is 5.39. The van der Waals surface area contributed by atoms with Crippen LogP contribution >= 0.6 is 0 Å². The summed E-state index contributed by atoms with van der Waals surface area (Å²) in [6.07, 6.45) is 2.67. The molecule has 0 bridgehead atoms. The zero-order chi connectivity index (χ0) is 10.2. The highest BCUT2D eigenvalue weighted by Crippen LogP contribution is 2.26. The van der Waals surface area contributed by atoms with Crippen LogP contribution in [0, 0.1) is 0 Å². The lowest BCUT2D eigenvalue weighted by Gasteiger charge is -2.21. The van der Waals surface area contributed by atoms with E-state index in [1.807, 2.05) is 0 Å². The highest BCUT2D eigenvalue weighted by molar-refractivity contribution is 4.84. The molecule has 4 heteroatoms. The fraction of sp³-hybridized carbons (Fsp3) is 1.00. The second-order valence-electron chi connectivity index (χ2n) is 3.66. The van der Waals surface area contributed by atoms with Gasteiger partial charge < -0.3 is 15.2 Å². The number of hydrogen-bond donors (Lipinski definition) is 1. The Bertz CT molecular complexity index is 140. The van der Waals surface area contributed by atoms with Crippen LogP contribution in [0.2, 0.25) is 0 Å². The molecule has 0 atom stereocenters. The van der Waals surface area contributed by atoms with Crippen molar-refractivity contribution in [3.8, 4) is 0 Å². The van der Waals surface area contributed by atoms with Crippen LogP contribution in [0.3, 0.4) is 0 Å². The molecule has 4 nitrogen and oxygen atoms in total. The van der Waals surface area contributed by atoms with Crippen molar-refractivity contribution in [1.82, 2.24) is 4.90 Å². The molecule has 84 valence electrons. The summed E-state index contributed by atoms with van der Waals surface area (Å²) in [7, 11) is 1.75. The fourth-order valence-corrected chi connectivity index (χ4v) is 1.49. The van der Waals surface area contributed by atoms with Gasteiger partial charge in [0.25, 0.3) is 0 Å². The SMILES string of the molecule is COCCN(CCOCCN)C1CC1. The van der Waals surface area contributed by atoms with Gasteiger partial charge in [0.05, 0.1) is 19.8 Å². The second-order valence-corrected chi connectivity index (χ2v) is 3.66. The van der Waals surface area contributed by atoms with Gasteiger partial charge in [0.2, 0.25) is 0 Å². The van der Waals surface area contributed by atoms with Crippen molar-refractivity contribution in [1.29, 1.82) is 0 Å². The minimum atomic E-state index is 0.613. The number of hydrogen-bond acceptors (Lipinski definition) is 4. The minimum Gasteiger partial charge on any atom is -0.383 e. The van der Waals surface area contributed by atoms with Gasteiger partial charge in [-0.25, -0.2) is 0 Å². The Morgan fingerprint density at radius 1 is 1.21 bits per heavy atom. The smallest absolute Gasteiger partial charge is 0.0594 e. The molecule has 1 fully saturated rings. The Kier molecular flexibility index (Phi) is 6.10. The topological polar surface area (TPSA) is 47.7 Å². The van der Waals surface area contributed by atoms with Crippen molar-refractivity contribution in [2.75, 3.05) is 46.6 Å². The molecule has 1 rings (SSSR count). The fourth-order valence-electron chi connectivity index (χ4n) is 1.49. The monoisotopic (exact) mass is 202 g/mol. The Morgan fingerprint density at radius 2 is 1.93 bits per heavy atom. The van der Waals surface area contributed by atoms with Crippen LogP contribution < -0.4 is 5.73 Å². The van der Waals surface area contributed by atoms with Crippen molar-refractivity contribution in [2.45, 2.75) is 18.9 Å². The highest BCUT2D eigenvalue weighted by atomic mass is 16.5. The van der Waals surface area contributed by atoms with Crippen LogP contribution in [0.15, 0.2) is 0 Å². The molecular formula is C10H22N2O2. The second kappa shape index (κ2) is 7.17. The summed E-state index contributed by atoms with van der Waals surface area (Å²) in [6.45, 7) is 4.91. The first-order chi connectivity index (χ1) is 6.88. The van der Waals surface area contributed by atoms with Crippen molar-refractivity contribution in [3.63, 3.8) is 0 Å². The lowest BCUT2D eigenvalue weighted by molar-refractivity contribution is 0.0885. The maximum atomic E-state index is 5.36. The first kappa shape index (κ1) is 11.9. The molecule has 1 aliphatic rings. The van der Waals surface area contributed by atoms with E-state index in [1.165, 1.54) is 12.8 Å². The van der Waals surface area contributed by atoms with E-state index < -0.39 is 0 Å². The van der Waals surface area contributed by atoms with E-state index in [9.17, 15) is 0 Å². The molecule has 0 heterocycles. The van der Waals surface area contributed by atoms with E-state index in [-0.39, 0.29) is 0 Å². The maximum absolute atomic E-state index is 5.36. The van der Waals surface area contributed by atoms with Crippen molar-refractivity contribution < 1.29 is 9.47 Å². The molecule has 0 aromatic rings. The molecule has 0 aliphatic heterocycles. The van der Waals surface area contributed by atoms with Crippen molar-refractivity contribution in [2.24, 2.45) is 5.73 Å². The Labute approximate surface area is 86.3 Å². The summed E-state index contributed by atoms with van der Waals surface area (Å²) in [6, 6.07) is 0.784. The molecule has 0 spiro atoms. The number of rotatable bonds is 9. The van der Waals surface area contributed by atoms with Gasteiger partial charge in [-0.2, -0.15) is 0 Å². The maximum Gasteiger partial charge on any atom is 0.0594 e. The van der Waals surface area contributed by atoms with Gasteiger partial charge in [0.15, 0.2) is 0 Å². The van der Waals surface area contributed by atoms with Gasteiger partial charge in [0, 0.05) is 32.8 Å². The first-order valence-corrected chi connectivity index (χ1v) is 5.39. The molecule has 0 unspecified atom stereocenters. The summed E-state index contributed by atoms with van der Waals surface area (Å²) in [5.74, 6) is 0. The van der Waals surface area contributed by atoms with E-state index in [0.29, 0.717) is 13.2 Å². The zero-order valence-corrected chi connectivity index (χ0v) is 9.08. The van der Waals surface area contributed by atoms with Gasteiger partial charge >= 0.3 is 0 Å². The molecule has 1 aliphatic carbocycles. The van der Waals surface area contributed by atoms with E-state index in [1.54, 1.807) is 7.11 Å². The Morgan fingerprint density at radius 3 is 2.50 bits per heavy atom. The molecule has 0 radical (unpaired) electrons. The third kappa shape index (κ3) is 4.91. The standard InChI is InChI=1S/C10H22N2O2/c1-13-8-5-12(10-2-3-10)6-9-14-7-4-11/h10H,2-9,11H2,1H3. The van der Waals surface area contributed by atoms with Gasteiger partial charge in [-0.1, -0.05) is 0 Å². The highest BCUT2D eigenvalue weighted by Gasteiger charge is 2.27. The summed E-state index contributed by atoms with van der Waals surface area (Å²) in [4.78, 5) is 2.44. The molecular weight excluding hydrogens is 180 g/mol. The zero-order valence-electron chi connectivity index (χ0n) is 9.08. The molecule has 0 saturated heterocycles. The Balaban J connectivity index is 2.02. The third-order valence-electron chi connectivity index (χ3n) is 2.43. The van der Waals surface area contributed by atoms with Crippen molar-refractivity contribution >= 4 is 0 Å². The molecule has 1 saturated carbocycles. The molecule has 0 aromatic carbocycles. The predicted molar refractivity (Wildman–Crippen MR) is 56.3 cm³/mol. The van der Waals surface area contributed by atoms with E-state index >= 15 is 0 Å². The largest absolute Gasteiger partial charge is 0.383 e. The average Bonchev–Trinajstić information content (AvgIpc) is 3.00. The molecule has 0 aromatic heterocycles. The number of nitrogens with zero attached hydrogens (tertiary/aromatic N) is 1. The number of ether oxygens (including phenoxy) is 2. The Hall–Kier alpha value is -0.160. The lowest BCUT2D eigenvalue weighted by atomic mass is 10.4. The summed E-state index contributed by atoms with van der Waals surface area (Å²) >= 11 is 0. The number of nitrogens with two attached hydrogens (primary N) is 1. The van der Waals surface area contributed by atoms with E-state index in [2.05, 4.69) is 4.90 Å². The molecule has 14 heavy (non-hydrogen) atoms. The quantitative estimate of drug-likeness (QED) is 0.538. The van der Waals surface area contributed by atoms with Gasteiger partial charge in [0.1, 0.15) is 0 Å². The molecule has 0 amide bonds. The van der Waals surface area contributed by atoms with Gasteiger partial charge in [-0.3, -0.25) is 4.90 Å². The van der Waals surface area contributed by atoms with Gasteiger partial charge in [-0.05, 0) is 12.8 Å². The molecule has 2 N–H and O–H groups in total.